The normalized spacial score (nSPS) is 14.2. The summed E-state index contributed by atoms with van der Waals surface area (Å²) >= 11 is 0. The SMILES string of the molecule is COc1ccc(C(=O)Nc2cccc(CNCC(=O)NC3CCCCC3)c2)cc1. The van der Waals surface area contributed by atoms with Crippen molar-refractivity contribution in [2.24, 2.45) is 0 Å². The summed E-state index contributed by atoms with van der Waals surface area (Å²) in [6, 6.07) is 14.9. The van der Waals surface area contributed by atoms with E-state index >= 15 is 0 Å². The zero-order valence-electron chi connectivity index (χ0n) is 16.9. The van der Waals surface area contributed by atoms with Crippen LogP contribution in [0, 0.1) is 0 Å². The van der Waals surface area contributed by atoms with Gasteiger partial charge in [-0.1, -0.05) is 31.4 Å². The van der Waals surface area contributed by atoms with Crippen molar-refractivity contribution in [2.45, 2.75) is 44.7 Å². The molecule has 6 nitrogen and oxygen atoms in total. The predicted octanol–water partition coefficient (Wildman–Crippen LogP) is 3.49. The number of hydrogen-bond donors (Lipinski definition) is 3. The number of methoxy groups -OCH3 is 1. The molecular formula is C23H29N3O3. The van der Waals surface area contributed by atoms with Crippen LogP contribution in [0.15, 0.2) is 48.5 Å². The first-order chi connectivity index (χ1) is 14.1. The number of rotatable bonds is 8. The number of amides is 2. The lowest BCUT2D eigenvalue weighted by Gasteiger charge is -2.22. The van der Waals surface area contributed by atoms with Gasteiger partial charge in [0.2, 0.25) is 5.91 Å². The predicted molar refractivity (Wildman–Crippen MR) is 114 cm³/mol. The van der Waals surface area contributed by atoms with E-state index in [9.17, 15) is 9.59 Å². The van der Waals surface area contributed by atoms with Gasteiger partial charge in [0.05, 0.1) is 13.7 Å². The molecule has 0 heterocycles. The molecule has 0 bridgehead atoms. The van der Waals surface area contributed by atoms with Crippen LogP contribution in [0.4, 0.5) is 5.69 Å². The first kappa shape index (κ1) is 20.9. The van der Waals surface area contributed by atoms with Crippen LogP contribution in [0.2, 0.25) is 0 Å². The summed E-state index contributed by atoms with van der Waals surface area (Å²) in [6.07, 6.45) is 5.85. The van der Waals surface area contributed by atoms with Crippen molar-refractivity contribution in [1.82, 2.24) is 10.6 Å². The Hall–Kier alpha value is -2.86. The summed E-state index contributed by atoms with van der Waals surface area (Å²) in [7, 11) is 1.59. The highest BCUT2D eigenvalue weighted by atomic mass is 16.5. The Labute approximate surface area is 172 Å². The Morgan fingerprint density at radius 2 is 1.79 bits per heavy atom. The summed E-state index contributed by atoms with van der Waals surface area (Å²) in [5, 5.41) is 9.18. The molecule has 2 amide bonds. The van der Waals surface area contributed by atoms with Crippen molar-refractivity contribution < 1.29 is 14.3 Å². The van der Waals surface area contributed by atoms with E-state index in [1.165, 1.54) is 19.3 Å². The van der Waals surface area contributed by atoms with E-state index in [1.807, 2.05) is 24.3 Å². The van der Waals surface area contributed by atoms with Gasteiger partial charge < -0.3 is 20.7 Å². The zero-order valence-corrected chi connectivity index (χ0v) is 16.9. The summed E-state index contributed by atoms with van der Waals surface area (Å²) < 4.78 is 5.11. The van der Waals surface area contributed by atoms with E-state index < -0.39 is 0 Å². The third kappa shape index (κ3) is 6.61. The number of ether oxygens (including phenoxy) is 1. The maximum Gasteiger partial charge on any atom is 0.255 e. The van der Waals surface area contributed by atoms with Crippen molar-refractivity contribution in [3.05, 3.63) is 59.7 Å². The second-order valence-electron chi connectivity index (χ2n) is 7.39. The van der Waals surface area contributed by atoms with Gasteiger partial charge in [-0.05, 0) is 54.8 Å². The lowest BCUT2D eigenvalue weighted by atomic mass is 9.95. The molecule has 3 N–H and O–H groups in total. The number of anilines is 1. The van der Waals surface area contributed by atoms with Gasteiger partial charge in [0.25, 0.3) is 5.91 Å². The summed E-state index contributed by atoms with van der Waals surface area (Å²) in [5.74, 6) is 0.577. The van der Waals surface area contributed by atoms with Gasteiger partial charge in [0.15, 0.2) is 0 Å². The smallest absolute Gasteiger partial charge is 0.255 e. The molecule has 0 atom stereocenters. The molecule has 0 saturated heterocycles. The van der Waals surface area contributed by atoms with E-state index in [-0.39, 0.29) is 11.8 Å². The Balaban J connectivity index is 1.46. The van der Waals surface area contributed by atoms with Gasteiger partial charge in [0, 0.05) is 23.8 Å². The first-order valence-electron chi connectivity index (χ1n) is 10.2. The van der Waals surface area contributed by atoms with Crippen molar-refractivity contribution in [3.63, 3.8) is 0 Å². The van der Waals surface area contributed by atoms with Gasteiger partial charge in [-0.15, -0.1) is 0 Å². The van der Waals surface area contributed by atoms with E-state index in [4.69, 9.17) is 4.74 Å². The van der Waals surface area contributed by atoms with Crippen molar-refractivity contribution >= 4 is 17.5 Å². The molecule has 2 aromatic carbocycles. The third-order valence-electron chi connectivity index (χ3n) is 5.12. The van der Waals surface area contributed by atoms with Crippen LogP contribution < -0.4 is 20.7 Å². The zero-order chi connectivity index (χ0) is 20.5. The van der Waals surface area contributed by atoms with Crippen LogP contribution in [0.5, 0.6) is 5.75 Å². The fourth-order valence-electron chi connectivity index (χ4n) is 3.55. The van der Waals surface area contributed by atoms with Crippen molar-refractivity contribution in [3.8, 4) is 5.75 Å². The molecule has 0 radical (unpaired) electrons. The van der Waals surface area contributed by atoms with Crippen LogP contribution in [-0.2, 0) is 11.3 Å². The van der Waals surface area contributed by atoms with Gasteiger partial charge in [-0.3, -0.25) is 9.59 Å². The van der Waals surface area contributed by atoms with Crippen LogP contribution in [0.3, 0.4) is 0 Å². The topological polar surface area (TPSA) is 79.5 Å². The highest BCUT2D eigenvalue weighted by Crippen LogP contribution is 2.17. The molecule has 1 saturated carbocycles. The van der Waals surface area contributed by atoms with E-state index in [0.717, 1.165) is 24.1 Å². The Morgan fingerprint density at radius 3 is 2.52 bits per heavy atom. The second-order valence-corrected chi connectivity index (χ2v) is 7.39. The lowest BCUT2D eigenvalue weighted by Crippen LogP contribution is -2.41. The fraction of sp³-hybridized carbons (Fsp3) is 0.391. The molecule has 2 aromatic rings. The Kier molecular flexibility index (Phi) is 7.64. The Bertz CT molecular complexity index is 814. The van der Waals surface area contributed by atoms with Crippen LogP contribution in [-0.4, -0.2) is 31.5 Å². The molecule has 154 valence electrons. The fourth-order valence-corrected chi connectivity index (χ4v) is 3.55. The van der Waals surface area contributed by atoms with Crippen LogP contribution in [0.1, 0.15) is 48.0 Å². The molecule has 29 heavy (non-hydrogen) atoms. The lowest BCUT2D eigenvalue weighted by molar-refractivity contribution is -0.121. The number of carbonyl (C=O) groups excluding carboxylic acids is 2. The highest BCUT2D eigenvalue weighted by molar-refractivity contribution is 6.04. The van der Waals surface area contributed by atoms with Crippen LogP contribution in [0.25, 0.3) is 0 Å². The molecule has 1 aliphatic rings. The minimum Gasteiger partial charge on any atom is -0.497 e. The maximum absolute atomic E-state index is 12.4. The minimum atomic E-state index is -0.176. The monoisotopic (exact) mass is 395 g/mol. The quantitative estimate of drug-likeness (QED) is 0.639. The van der Waals surface area contributed by atoms with Gasteiger partial charge in [0.1, 0.15) is 5.75 Å². The number of benzene rings is 2. The molecule has 1 fully saturated rings. The number of carbonyl (C=O) groups is 2. The first-order valence-corrected chi connectivity index (χ1v) is 10.2. The number of nitrogens with one attached hydrogen (secondary N) is 3. The maximum atomic E-state index is 12.4. The van der Waals surface area contributed by atoms with Gasteiger partial charge >= 0.3 is 0 Å². The highest BCUT2D eigenvalue weighted by Gasteiger charge is 2.15. The molecule has 0 spiro atoms. The number of hydrogen-bond acceptors (Lipinski definition) is 4. The van der Waals surface area contributed by atoms with Gasteiger partial charge in [-0.2, -0.15) is 0 Å². The largest absolute Gasteiger partial charge is 0.497 e. The molecule has 0 aliphatic heterocycles. The average molecular weight is 396 g/mol. The molecular weight excluding hydrogens is 366 g/mol. The third-order valence-corrected chi connectivity index (χ3v) is 5.12. The van der Waals surface area contributed by atoms with Crippen molar-refractivity contribution in [1.29, 1.82) is 0 Å². The van der Waals surface area contributed by atoms with Crippen molar-refractivity contribution in [2.75, 3.05) is 19.0 Å². The standard InChI is InChI=1S/C23H29N3O3/c1-29-21-12-10-18(11-13-21)23(28)26-20-9-5-6-17(14-20)15-24-16-22(27)25-19-7-3-2-4-8-19/h5-6,9-14,19,24H,2-4,7-8,15-16H2,1H3,(H,25,27)(H,26,28). The molecule has 6 heteroatoms. The minimum absolute atomic E-state index is 0.0425. The summed E-state index contributed by atoms with van der Waals surface area (Å²) in [5.41, 5.74) is 2.29. The van der Waals surface area contributed by atoms with Gasteiger partial charge in [-0.25, -0.2) is 0 Å². The van der Waals surface area contributed by atoms with E-state index in [1.54, 1.807) is 31.4 Å². The molecule has 0 unspecified atom stereocenters. The second kappa shape index (κ2) is 10.6. The molecule has 0 aromatic heterocycles. The van der Waals surface area contributed by atoms with Crippen LogP contribution >= 0.6 is 0 Å². The average Bonchev–Trinajstić information content (AvgIpc) is 2.75. The van der Waals surface area contributed by atoms with E-state index in [2.05, 4.69) is 16.0 Å². The molecule has 3 rings (SSSR count). The Morgan fingerprint density at radius 1 is 1.03 bits per heavy atom. The summed E-state index contributed by atoms with van der Waals surface area (Å²) in [6.45, 7) is 0.850. The molecule has 1 aliphatic carbocycles. The van der Waals surface area contributed by atoms with E-state index in [0.29, 0.717) is 30.4 Å². The summed E-state index contributed by atoms with van der Waals surface area (Å²) in [4.78, 5) is 24.5.